The third kappa shape index (κ3) is 3.97. The molecule has 1 nitrogen and oxygen atoms in total. The second kappa shape index (κ2) is 6.95. The van der Waals surface area contributed by atoms with E-state index < -0.39 is 0 Å². The average molecular weight is 294 g/mol. The molecule has 0 heterocycles. The normalized spacial score (nSPS) is 12.4. The maximum Gasteiger partial charge on any atom is 0.0460 e. The van der Waals surface area contributed by atoms with Crippen molar-refractivity contribution in [1.29, 1.82) is 0 Å². The molecule has 0 aliphatic heterocycles. The van der Waals surface area contributed by atoms with Gasteiger partial charge < -0.3 is 5.32 Å². The Morgan fingerprint density at radius 3 is 2.47 bits per heavy atom. The van der Waals surface area contributed by atoms with Crippen LogP contribution in [0.15, 0.2) is 48.5 Å². The number of nitrogens with one attached hydrogen (secondary N) is 1. The van der Waals surface area contributed by atoms with Gasteiger partial charge in [0.25, 0.3) is 0 Å². The Labute approximate surface area is 124 Å². The maximum atomic E-state index is 6.23. The molecule has 19 heavy (non-hydrogen) atoms. The molecule has 0 fully saturated rings. The molecule has 0 saturated carbocycles. The van der Waals surface area contributed by atoms with Crippen molar-refractivity contribution in [2.45, 2.75) is 19.5 Å². The third-order valence-corrected chi connectivity index (χ3v) is 3.76. The molecule has 0 aromatic heterocycles. The van der Waals surface area contributed by atoms with Crippen LogP contribution in [0.4, 0.5) is 0 Å². The predicted molar refractivity (Wildman–Crippen MR) is 82.9 cm³/mol. The highest BCUT2D eigenvalue weighted by Crippen LogP contribution is 2.20. The highest BCUT2D eigenvalue weighted by atomic mass is 35.5. The first kappa shape index (κ1) is 14.4. The van der Waals surface area contributed by atoms with Crippen molar-refractivity contribution in [1.82, 2.24) is 5.32 Å². The van der Waals surface area contributed by atoms with Crippen molar-refractivity contribution in [3.8, 4) is 0 Å². The van der Waals surface area contributed by atoms with Crippen molar-refractivity contribution in [3.05, 3.63) is 70.2 Å². The minimum atomic E-state index is 0.139. The predicted octanol–water partition coefficient (Wildman–Crippen LogP) is 4.72. The molecule has 0 amide bonds. The minimum absolute atomic E-state index is 0.139. The van der Waals surface area contributed by atoms with Crippen molar-refractivity contribution in [2.75, 3.05) is 5.88 Å². The van der Waals surface area contributed by atoms with Gasteiger partial charge in [0.15, 0.2) is 0 Å². The van der Waals surface area contributed by atoms with Crippen LogP contribution in [0.2, 0.25) is 5.02 Å². The topological polar surface area (TPSA) is 12.0 Å². The van der Waals surface area contributed by atoms with E-state index in [1.807, 2.05) is 31.2 Å². The van der Waals surface area contributed by atoms with Crippen molar-refractivity contribution in [3.63, 3.8) is 0 Å². The van der Waals surface area contributed by atoms with Gasteiger partial charge in [-0.2, -0.15) is 0 Å². The van der Waals surface area contributed by atoms with Gasteiger partial charge in [0.2, 0.25) is 0 Å². The first-order valence-corrected chi connectivity index (χ1v) is 7.21. The Hall–Kier alpha value is -1.02. The molecule has 1 N–H and O–H groups in total. The van der Waals surface area contributed by atoms with E-state index in [9.17, 15) is 0 Å². The summed E-state index contributed by atoms with van der Waals surface area (Å²) in [5.41, 5.74) is 3.46. The Bertz CT molecular complexity index is 526. The van der Waals surface area contributed by atoms with Gasteiger partial charge >= 0.3 is 0 Å². The number of hydrogen-bond acceptors (Lipinski definition) is 1. The Morgan fingerprint density at radius 1 is 1.11 bits per heavy atom. The molecular formula is C16H17Cl2N. The number of hydrogen-bond donors (Lipinski definition) is 1. The van der Waals surface area contributed by atoms with E-state index in [1.54, 1.807) is 0 Å². The van der Waals surface area contributed by atoms with Crippen molar-refractivity contribution in [2.24, 2.45) is 0 Å². The quantitative estimate of drug-likeness (QED) is 0.787. The van der Waals surface area contributed by atoms with Crippen LogP contribution in [0.1, 0.15) is 22.7 Å². The van der Waals surface area contributed by atoms with Crippen molar-refractivity contribution >= 4 is 23.2 Å². The van der Waals surface area contributed by atoms with Gasteiger partial charge in [0.1, 0.15) is 0 Å². The molecular weight excluding hydrogens is 277 g/mol. The van der Waals surface area contributed by atoms with Gasteiger partial charge in [-0.05, 0) is 29.7 Å². The molecule has 3 heteroatoms. The van der Waals surface area contributed by atoms with E-state index >= 15 is 0 Å². The lowest BCUT2D eigenvalue weighted by Gasteiger charge is -2.17. The zero-order chi connectivity index (χ0) is 13.7. The fourth-order valence-corrected chi connectivity index (χ4v) is 2.56. The molecule has 2 rings (SSSR count). The lowest BCUT2D eigenvalue weighted by molar-refractivity contribution is 0.579. The number of alkyl halides is 1. The zero-order valence-electron chi connectivity index (χ0n) is 10.9. The zero-order valence-corrected chi connectivity index (χ0v) is 12.4. The fourth-order valence-electron chi connectivity index (χ4n) is 1.98. The summed E-state index contributed by atoms with van der Waals surface area (Å²) in [6.07, 6.45) is 0. The van der Waals surface area contributed by atoms with Crippen LogP contribution in [0.5, 0.6) is 0 Å². The maximum absolute atomic E-state index is 6.23. The number of benzene rings is 2. The van der Waals surface area contributed by atoms with Gasteiger partial charge in [0.05, 0.1) is 0 Å². The molecule has 0 radical (unpaired) electrons. The second-order valence-corrected chi connectivity index (χ2v) is 5.31. The Morgan fingerprint density at radius 2 is 1.84 bits per heavy atom. The molecule has 1 atom stereocenters. The molecule has 2 aromatic rings. The van der Waals surface area contributed by atoms with Gasteiger partial charge in [-0.1, -0.05) is 54.1 Å². The average Bonchev–Trinajstić information content (AvgIpc) is 2.43. The smallest absolute Gasteiger partial charge is 0.0460 e. The Kier molecular flexibility index (Phi) is 5.26. The van der Waals surface area contributed by atoms with Crippen LogP contribution in [0, 0.1) is 6.92 Å². The molecule has 0 spiro atoms. The molecule has 100 valence electrons. The minimum Gasteiger partial charge on any atom is -0.305 e. The van der Waals surface area contributed by atoms with Gasteiger partial charge in [-0.25, -0.2) is 0 Å². The summed E-state index contributed by atoms with van der Waals surface area (Å²) in [4.78, 5) is 0. The van der Waals surface area contributed by atoms with E-state index in [1.165, 1.54) is 11.1 Å². The van der Waals surface area contributed by atoms with Crippen LogP contribution in [0.3, 0.4) is 0 Å². The summed E-state index contributed by atoms with van der Waals surface area (Å²) in [5.74, 6) is 0.535. The van der Waals surface area contributed by atoms with Gasteiger partial charge in [-0.15, -0.1) is 11.6 Å². The standard InChI is InChI=1S/C16H17Cl2N/c1-12-7-8-14(15(18)9-12)11-19-16(10-17)13-5-3-2-4-6-13/h2-9,16,19H,10-11H2,1H3. The summed E-state index contributed by atoms with van der Waals surface area (Å²) in [5, 5.41) is 4.25. The summed E-state index contributed by atoms with van der Waals surface area (Å²) >= 11 is 12.3. The van der Waals surface area contributed by atoms with E-state index in [0.717, 1.165) is 10.6 Å². The lowest BCUT2D eigenvalue weighted by Crippen LogP contribution is -2.22. The molecule has 2 aromatic carbocycles. The van der Waals surface area contributed by atoms with Crippen LogP contribution in [0.25, 0.3) is 0 Å². The van der Waals surface area contributed by atoms with Gasteiger partial charge in [0, 0.05) is 23.5 Å². The van der Waals surface area contributed by atoms with E-state index in [4.69, 9.17) is 23.2 Å². The fraction of sp³-hybridized carbons (Fsp3) is 0.250. The Balaban J connectivity index is 2.04. The highest BCUT2D eigenvalue weighted by Gasteiger charge is 2.10. The highest BCUT2D eigenvalue weighted by molar-refractivity contribution is 6.31. The number of rotatable bonds is 5. The third-order valence-electron chi connectivity index (χ3n) is 3.10. The molecule has 0 bridgehead atoms. The van der Waals surface area contributed by atoms with Crippen LogP contribution in [-0.2, 0) is 6.54 Å². The lowest BCUT2D eigenvalue weighted by atomic mass is 10.1. The van der Waals surface area contributed by atoms with E-state index in [0.29, 0.717) is 12.4 Å². The second-order valence-electron chi connectivity index (χ2n) is 4.59. The van der Waals surface area contributed by atoms with Crippen LogP contribution in [-0.4, -0.2) is 5.88 Å². The van der Waals surface area contributed by atoms with Crippen molar-refractivity contribution < 1.29 is 0 Å². The summed E-state index contributed by atoms with van der Waals surface area (Å²) < 4.78 is 0. The number of aryl methyl sites for hydroxylation is 1. The first-order chi connectivity index (χ1) is 9.20. The van der Waals surface area contributed by atoms with Gasteiger partial charge in [-0.3, -0.25) is 0 Å². The number of halogens is 2. The summed E-state index contributed by atoms with van der Waals surface area (Å²) in [6.45, 7) is 2.75. The largest absolute Gasteiger partial charge is 0.305 e. The molecule has 0 aliphatic rings. The van der Waals surface area contributed by atoms with Crippen LogP contribution >= 0.6 is 23.2 Å². The SMILES string of the molecule is Cc1ccc(CNC(CCl)c2ccccc2)c(Cl)c1. The first-order valence-electron chi connectivity index (χ1n) is 6.30. The summed E-state index contributed by atoms with van der Waals surface area (Å²) in [7, 11) is 0. The molecule has 0 saturated heterocycles. The summed E-state index contributed by atoms with van der Waals surface area (Å²) in [6, 6.07) is 16.5. The van der Waals surface area contributed by atoms with E-state index in [-0.39, 0.29) is 6.04 Å². The van der Waals surface area contributed by atoms with Crippen LogP contribution < -0.4 is 5.32 Å². The van der Waals surface area contributed by atoms with E-state index in [2.05, 4.69) is 29.6 Å². The molecule has 1 unspecified atom stereocenters. The molecule has 0 aliphatic carbocycles. The monoisotopic (exact) mass is 293 g/mol.